The van der Waals surface area contributed by atoms with Crippen LogP contribution in [-0.4, -0.2) is 49.4 Å². The molecule has 0 saturated carbocycles. The summed E-state index contributed by atoms with van der Waals surface area (Å²) >= 11 is 0. The molecular weight excluding hydrogens is 308 g/mol. The van der Waals surface area contributed by atoms with Crippen LogP contribution in [-0.2, 0) is 4.74 Å². The normalized spacial score (nSPS) is 31.3. The number of hydrogen-bond acceptors (Lipinski definition) is 8. The summed E-state index contributed by atoms with van der Waals surface area (Å²) in [6.45, 7) is -0.872. The zero-order chi connectivity index (χ0) is 14.9. The zero-order valence-corrected chi connectivity index (χ0v) is 11.3. The highest BCUT2D eigenvalue weighted by Gasteiger charge is 2.54. The van der Waals surface area contributed by atoms with Gasteiger partial charge in [-0.15, -0.1) is 12.4 Å². The summed E-state index contributed by atoms with van der Waals surface area (Å²) in [6.07, 6.45) is -3.48. The molecule has 2 rings (SSSR count). The molecule has 0 amide bonds. The summed E-state index contributed by atoms with van der Waals surface area (Å²) in [5.74, 6) is -0.0252. The van der Waals surface area contributed by atoms with Gasteiger partial charge in [-0.3, -0.25) is 4.57 Å². The topological polar surface area (TPSA) is 180 Å². The quantitative estimate of drug-likeness (QED) is 0.297. The third-order valence-electron chi connectivity index (χ3n) is 2.97. The molecular formula is C9H13ClN6O5. The first-order valence-corrected chi connectivity index (χ1v) is 5.51. The Bertz CT molecular complexity index is 619. The van der Waals surface area contributed by atoms with Gasteiger partial charge in [0.25, 0.3) is 0 Å². The monoisotopic (exact) mass is 320 g/mol. The number of ether oxygens (including phenoxy) is 1. The van der Waals surface area contributed by atoms with Crippen molar-refractivity contribution in [2.45, 2.75) is 24.2 Å². The molecule has 1 aliphatic rings. The molecule has 1 fully saturated rings. The summed E-state index contributed by atoms with van der Waals surface area (Å²) in [7, 11) is 0. The molecule has 11 nitrogen and oxygen atoms in total. The largest absolute Gasteiger partial charge is 0.393 e. The van der Waals surface area contributed by atoms with Crippen LogP contribution in [0.3, 0.4) is 0 Å². The number of nitrogens with two attached hydrogens (primary N) is 1. The van der Waals surface area contributed by atoms with Crippen molar-refractivity contribution in [2.24, 2.45) is 5.11 Å². The van der Waals surface area contributed by atoms with Crippen molar-refractivity contribution >= 4 is 18.2 Å². The first kappa shape index (κ1) is 17.2. The van der Waals surface area contributed by atoms with E-state index in [4.69, 9.17) is 16.0 Å². The molecule has 0 unspecified atom stereocenters. The highest BCUT2D eigenvalue weighted by molar-refractivity contribution is 5.85. The van der Waals surface area contributed by atoms with Crippen LogP contribution >= 0.6 is 12.4 Å². The Morgan fingerprint density at radius 3 is 2.81 bits per heavy atom. The van der Waals surface area contributed by atoms with Crippen LogP contribution in [0.2, 0.25) is 0 Å². The van der Waals surface area contributed by atoms with Crippen LogP contribution in [0.25, 0.3) is 10.4 Å². The van der Waals surface area contributed by atoms with E-state index in [1.165, 1.54) is 12.3 Å². The van der Waals surface area contributed by atoms with Gasteiger partial charge in [0, 0.05) is 11.1 Å². The Morgan fingerprint density at radius 2 is 2.29 bits per heavy atom. The first-order valence-electron chi connectivity index (χ1n) is 5.51. The lowest BCUT2D eigenvalue weighted by atomic mass is 10.1. The molecule has 0 aliphatic carbocycles. The van der Waals surface area contributed by atoms with Crippen LogP contribution < -0.4 is 11.4 Å². The third-order valence-corrected chi connectivity index (χ3v) is 2.97. The molecule has 5 N–H and O–H groups in total. The van der Waals surface area contributed by atoms with Crippen LogP contribution in [0, 0.1) is 0 Å². The minimum Gasteiger partial charge on any atom is -0.393 e. The number of nitrogens with zero attached hydrogens (tertiary/aromatic N) is 5. The molecule has 4 atom stereocenters. The van der Waals surface area contributed by atoms with Gasteiger partial charge in [0.05, 0.1) is 6.61 Å². The van der Waals surface area contributed by atoms with E-state index in [1.807, 2.05) is 0 Å². The van der Waals surface area contributed by atoms with Gasteiger partial charge in [-0.05, 0) is 11.6 Å². The van der Waals surface area contributed by atoms with E-state index in [0.717, 1.165) is 4.57 Å². The second kappa shape index (κ2) is 6.26. The van der Waals surface area contributed by atoms with Crippen molar-refractivity contribution in [1.82, 2.24) is 9.55 Å². The van der Waals surface area contributed by atoms with Gasteiger partial charge >= 0.3 is 5.69 Å². The van der Waals surface area contributed by atoms with Gasteiger partial charge in [-0.2, -0.15) is 4.98 Å². The predicted molar refractivity (Wildman–Crippen MR) is 71.3 cm³/mol. The predicted octanol–water partition coefficient (Wildman–Crippen LogP) is -1.50. The number of anilines is 1. The molecule has 1 aromatic rings. The van der Waals surface area contributed by atoms with Crippen LogP contribution in [0.15, 0.2) is 22.2 Å². The summed E-state index contributed by atoms with van der Waals surface area (Å²) in [5, 5.41) is 32.2. The maximum atomic E-state index is 11.7. The molecule has 0 radical (unpaired) electrons. The number of aliphatic hydroxyl groups excluding tert-OH is 3. The molecule has 12 heteroatoms. The molecule has 0 aromatic carbocycles. The lowest BCUT2D eigenvalue weighted by molar-refractivity contribution is -0.125. The van der Waals surface area contributed by atoms with Gasteiger partial charge in [0.1, 0.15) is 18.0 Å². The fourth-order valence-electron chi connectivity index (χ4n) is 1.93. The van der Waals surface area contributed by atoms with Crippen molar-refractivity contribution in [1.29, 1.82) is 0 Å². The van der Waals surface area contributed by atoms with Gasteiger partial charge < -0.3 is 25.8 Å². The smallest absolute Gasteiger partial charge is 0.351 e. The number of azide groups is 1. The average molecular weight is 321 g/mol. The van der Waals surface area contributed by atoms with E-state index < -0.39 is 36.5 Å². The average Bonchev–Trinajstić information content (AvgIpc) is 2.65. The molecule has 1 aliphatic heterocycles. The third kappa shape index (κ3) is 2.78. The summed E-state index contributed by atoms with van der Waals surface area (Å²) in [6, 6.07) is 1.29. The zero-order valence-electron chi connectivity index (χ0n) is 10.5. The molecule has 2 heterocycles. The highest BCUT2D eigenvalue weighted by Crippen LogP contribution is 2.37. The van der Waals surface area contributed by atoms with Gasteiger partial charge in [-0.1, -0.05) is 5.11 Å². The van der Waals surface area contributed by atoms with Gasteiger partial charge in [-0.25, -0.2) is 4.79 Å². The van der Waals surface area contributed by atoms with Crippen molar-refractivity contribution in [3.8, 4) is 0 Å². The Kier molecular flexibility index (Phi) is 5.12. The van der Waals surface area contributed by atoms with Crippen molar-refractivity contribution in [2.75, 3.05) is 12.3 Å². The maximum absolute atomic E-state index is 11.7. The maximum Gasteiger partial charge on any atom is 0.351 e. The van der Waals surface area contributed by atoms with Crippen LogP contribution in [0.1, 0.15) is 6.23 Å². The fourth-order valence-corrected chi connectivity index (χ4v) is 1.93. The SMILES string of the molecule is Cl.[N-]=[N+]=N[C@]1(CO)O[C@@H](n2ccc(N)nc2=O)[C@H](O)[C@@H]1O. The van der Waals surface area contributed by atoms with E-state index in [-0.39, 0.29) is 18.2 Å². The van der Waals surface area contributed by atoms with Gasteiger partial charge in [0.15, 0.2) is 6.23 Å². The summed E-state index contributed by atoms with van der Waals surface area (Å²) in [4.78, 5) is 17.6. The summed E-state index contributed by atoms with van der Waals surface area (Å²) < 4.78 is 6.05. The Hall–Kier alpha value is -1.88. The number of rotatable bonds is 3. The van der Waals surface area contributed by atoms with Crippen molar-refractivity contribution < 1.29 is 20.1 Å². The Balaban J connectivity index is 0.00000220. The number of aliphatic hydroxyl groups is 3. The molecule has 116 valence electrons. The van der Waals surface area contributed by atoms with Crippen molar-refractivity contribution in [3.63, 3.8) is 0 Å². The standard InChI is InChI=1S/C9H12N6O5.ClH/c10-4-1-2-15(8(19)12-4)7-5(17)6(18)9(3-16,20-7)13-14-11;/h1-2,5-7,16-18H,3H2,(H2,10,12,19);1H/t5-,6+,7-,9-;/m1./s1. The van der Waals surface area contributed by atoms with Gasteiger partial charge in [0.2, 0.25) is 5.72 Å². The minimum absolute atomic E-state index is 0. The van der Waals surface area contributed by atoms with Crippen LogP contribution in [0.5, 0.6) is 0 Å². The second-order valence-corrected chi connectivity index (χ2v) is 4.18. The van der Waals surface area contributed by atoms with E-state index in [1.54, 1.807) is 0 Å². The lowest BCUT2D eigenvalue weighted by Gasteiger charge is -2.23. The molecule has 21 heavy (non-hydrogen) atoms. The fraction of sp³-hybridized carbons (Fsp3) is 0.556. The van der Waals surface area contributed by atoms with E-state index >= 15 is 0 Å². The molecule has 0 bridgehead atoms. The number of hydrogen-bond donors (Lipinski definition) is 4. The minimum atomic E-state index is -2.07. The van der Waals surface area contributed by atoms with E-state index in [2.05, 4.69) is 15.0 Å². The highest BCUT2D eigenvalue weighted by atomic mass is 35.5. The number of halogens is 1. The van der Waals surface area contributed by atoms with E-state index in [9.17, 15) is 20.1 Å². The van der Waals surface area contributed by atoms with Crippen molar-refractivity contribution in [3.05, 3.63) is 33.2 Å². The molecule has 0 spiro atoms. The molecule has 1 aromatic heterocycles. The number of aromatic nitrogens is 2. The first-order chi connectivity index (χ1) is 9.45. The Labute approximate surface area is 123 Å². The molecule has 1 saturated heterocycles. The summed E-state index contributed by atoms with van der Waals surface area (Å²) in [5.41, 5.74) is 10.9. The van der Waals surface area contributed by atoms with Crippen LogP contribution in [0.4, 0.5) is 5.82 Å². The second-order valence-electron chi connectivity index (χ2n) is 4.18. The lowest BCUT2D eigenvalue weighted by Crippen LogP contribution is -2.44. The Morgan fingerprint density at radius 1 is 1.62 bits per heavy atom. The van der Waals surface area contributed by atoms with E-state index in [0.29, 0.717) is 0 Å². The number of nitrogen functional groups attached to an aromatic ring is 1.